The molecule has 0 spiro atoms. The van der Waals surface area contributed by atoms with Gasteiger partial charge in [0.2, 0.25) is 0 Å². The Balaban J connectivity index is 1.56. The molecule has 0 radical (unpaired) electrons. The van der Waals surface area contributed by atoms with Gasteiger partial charge in [0.25, 0.3) is 0 Å². The second-order valence-corrected chi connectivity index (χ2v) is 12.8. The maximum absolute atomic E-state index is 12.4. The summed E-state index contributed by atoms with van der Waals surface area (Å²) >= 11 is 0. The summed E-state index contributed by atoms with van der Waals surface area (Å²) in [6.45, 7) is 12.8. The molecule has 0 aromatic heterocycles. The van der Waals surface area contributed by atoms with Gasteiger partial charge < -0.3 is 30.7 Å². The summed E-state index contributed by atoms with van der Waals surface area (Å²) in [6, 6.07) is 9.02. The van der Waals surface area contributed by atoms with Gasteiger partial charge in [0.15, 0.2) is 0 Å². The van der Waals surface area contributed by atoms with E-state index in [0.717, 1.165) is 64.5 Å². The first-order valence-corrected chi connectivity index (χ1v) is 14.4. The third kappa shape index (κ3) is 10.4. The van der Waals surface area contributed by atoms with Crippen molar-refractivity contribution in [3.63, 3.8) is 0 Å². The Labute approximate surface area is 229 Å². The number of hydrogen-bond acceptors (Lipinski definition) is 6. The van der Waals surface area contributed by atoms with E-state index in [1.165, 1.54) is 11.1 Å². The number of carbonyl (C=O) groups is 2. The van der Waals surface area contributed by atoms with Crippen LogP contribution in [0.4, 0.5) is 9.59 Å². The van der Waals surface area contributed by atoms with Gasteiger partial charge in [-0.15, -0.1) is 0 Å². The molecule has 0 unspecified atom stereocenters. The number of amides is 2. The molecule has 2 aliphatic carbocycles. The Bertz CT molecular complexity index is 835. The van der Waals surface area contributed by atoms with Gasteiger partial charge in [-0.2, -0.15) is 0 Å². The van der Waals surface area contributed by atoms with Crippen molar-refractivity contribution in [2.24, 2.45) is 0 Å². The van der Waals surface area contributed by atoms with Gasteiger partial charge in [-0.3, -0.25) is 0 Å². The Morgan fingerprint density at radius 3 is 1.34 bits per heavy atom. The van der Waals surface area contributed by atoms with E-state index in [1.807, 2.05) is 41.5 Å². The third-order valence-electron chi connectivity index (χ3n) is 7.16. The number of nitrogens with one attached hydrogen (secondary N) is 4. The van der Waals surface area contributed by atoms with Gasteiger partial charge in [-0.25, -0.2) is 9.59 Å². The van der Waals surface area contributed by atoms with Gasteiger partial charge in [0, 0.05) is 37.3 Å². The van der Waals surface area contributed by atoms with E-state index in [1.54, 1.807) is 0 Å². The number of ether oxygens (including phenoxy) is 2. The number of benzene rings is 1. The molecule has 3 rings (SSSR count). The van der Waals surface area contributed by atoms with E-state index in [2.05, 4.69) is 45.5 Å². The monoisotopic (exact) mass is 530 g/mol. The van der Waals surface area contributed by atoms with Crippen LogP contribution < -0.4 is 21.3 Å². The van der Waals surface area contributed by atoms with Crippen LogP contribution in [0, 0.1) is 0 Å². The lowest BCUT2D eigenvalue weighted by atomic mass is 9.89. The maximum Gasteiger partial charge on any atom is 0.407 e. The quantitative estimate of drug-likeness (QED) is 0.352. The second kappa shape index (κ2) is 13.7. The van der Waals surface area contributed by atoms with Crippen LogP contribution >= 0.6 is 0 Å². The fourth-order valence-electron chi connectivity index (χ4n) is 5.40. The topological polar surface area (TPSA) is 101 Å². The molecule has 1 aromatic carbocycles. The zero-order valence-corrected chi connectivity index (χ0v) is 24.3. The zero-order chi connectivity index (χ0) is 27.8. The number of carbonyl (C=O) groups excluding carboxylic acids is 2. The lowest BCUT2D eigenvalue weighted by Gasteiger charge is -2.34. The highest BCUT2D eigenvalue weighted by atomic mass is 16.6. The first-order valence-electron chi connectivity index (χ1n) is 14.4. The van der Waals surface area contributed by atoms with Crippen LogP contribution in [0.3, 0.4) is 0 Å². The van der Waals surface area contributed by atoms with E-state index < -0.39 is 11.2 Å². The highest BCUT2D eigenvalue weighted by Gasteiger charge is 2.30. The Kier molecular flexibility index (Phi) is 10.9. The SMILES string of the molecule is CC(C)(C)OC(=O)N[C@@H]1CCCC[C@H]1NCc1ccccc1CN[C@@H]1CCCC[C@H]1NC(=O)OC(C)(C)C. The average molecular weight is 531 g/mol. The minimum atomic E-state index is -0.507. The van der Waals surface area contributed by atoms with Crippen LogP contribution in [-0.2, 0) is 22.6 Å². The van der Waals surface area contributed by atoms with Gasteiger partial charge in [-0.05, 0) is 78.4 Å². The van der Waals surface area contributed by atoms with Crippen molar-refractivity contribution in [3.05, 3.63) is 35.4 Å². The molecule has 214 valence electrons. The van der Waals surface area contributed by atoms with E-state index in [4.69, 9.17) is 9.47 Å². The van der Waals surface area contributed by atoms with E-state index in [-0.39, 0.29) is 36.4 Å². The Morgan fingerprint density at radius 2 is 1.00 bits per heavy atom. The molecule has 0 bridgehead atoms. The molecule has 1 aromatic rings. The predicted molar refractivity (Wildman–Crippen MR) is 151 cm³/mol. The third-order valence-corrected chi connectivity index (χ3v) is 7.16. The van der Waals surface area contributed by atoms with Crippen molar-refractivity contribution in [1.82, 2.24) is 21.3 Å². The van der Waals surface area contributed by atoms with Crippen LogP contribution in [0.25, 0.3) is 0 Å². The van der Waals surface area contributed by atoms with Crippen molar-refractivity contribution >= 4 is 12.2 Å². The molecule has 8 nitrogen and oxygen atoms in total. The molecule has 2 amide bonds. The lowest BCUT2D eigenvalue weighted by Crippen LogP contribution is -2.52. The smallest absolute Gasteiger partial charge is 0.407 e. The van der Waals surface area contributed by atoms with Crippen LogP contribution in [0.1, 0.15) is 104 Å². The summed E-state index contributed by atoms with van der Waals surface area (Å²) in [5.74, 6) is 0. The zero-order valence-electron chi connectivity index (χ0n) is 24.3. The van der Waals surface area contributed by atoms with Crippen molar-refractivity contribution in [3.8, 4) is 0 Å². The van der Waals surface area contributed by atoms with Crippen molar-refractivity contribution in [2.75, 3.05) is 0 Å². The Hall–Kier alpha value is -2.32. The number of hydrogen-bond donors (Lipinski definition) is 4. The van der Waals surface area contributed by atoms with Crippen molar-refractivity contribution in [1.29, 1.82) is 0 Å². The summed E-state index contributed by atoms with van der Waals surface area (Å²) in [4.78, 5) is 24.8. The molecule has 0 aliphatic heterocycles. The first-order chi connectivity index (χ1) is 17.9. The fraction of sp³-hybridized carbons (Fsp3) is 0.733. The van der Waals surface area contributed by atoms with Crippen LogP contribution in [-0.4, -0.2) is 47.6 Å². The number of rotatable bonds is 8. The molecule has 2 saturated carbocycles. The van der Waals surface area contributed by atoms with Crippen LogP contribution in [0.2, 0.25) is 0 Å². The van der Waals surface area contributed by atoms with Gasteiger partial charge in [-0.1, -0.05) is 49.9 Å². The normalized spacial score (nSPS) is 24.4. The molecule has 4 atom stereocenters. The minimum Gasteiger partial charge on any atom is -0.444 e. The molecular formula is C30H50N4O4. The summed E-state index contributed by atoms with van der Waals surface area (Å²) in [7, 11) is 0. The van der Waals surface area contributed by atoms with Crippen LogP contribution in [0.5, 0.6) is 0 Å². The standard InChI is InChI=1S/C30H50N4O4/c1-29(2,3)37-27(35)33-25-17-11-9-15-23(25)31-19-21-13-7-8-14-22(21)20-32-24-16-10-12-18-26(24)34-28(36)38-30(4,5)6/h7-8,13-14,23-26,31-32H,9-12,15-20H2,1-6H3,(H,33,35)(H,34,36)/t23-,24-,25-,26-/m1/s1. The molecule has 2 fully saturated rings. The highest BCUT2D eigenvalue weighted by molar-refractivity contribution is 5.68. The summed E-state index contributed by atoms with van der Waals surface area (Å²) in [5.41, 5.74) is 1.48. The second-order valence-electron chi connectivity index (χ2n) is 12.8. The molecule has 0 heterocycles. The molecule has 0 saturated heterocycles. The van der Waals surface area contributed by atoms with E-state index in [0.29, 0.717) is 0 Å². The first kappa shape index (κ1) is 30.2. The van der Waals surface area contributed by atoms with Crippen molar-refractivity contribution < 1.29 is 19.1 Å². The number of alkyl carbamates (subject to hydrolysis) is 2. The van der Waals surface area contributed by atoms with Gasteiger partial charge in [0.1, 0.15) is 11.2 Å². The van der Waals surface area contributed by atoms with Crippen LogP contribution in [0.15, 0.2) is 24.3 Å². The molecular weight excluding hydrogens is 480 g/mol. The fourth-order valence-corrected chi connectivity index (χ4v) is 5.40. The van der Waals surface area contributed by atoms with E-state index in [9.17, 15) is 9.59 Å². The van der Waals surface area contributed by atoms with Gasteiger partial charge >= 0.3 is 12.2 Å². The largest absolute Gasteiger partial charge is 0.444 e. The highest BCUT2D eigenvalue weighted by Crippen LogP contribution is 2.22. The Morgan fingerprint density at radius 1 is 0.658 bits per heavy atom. The summed E-state index contributed by atoms with van der Waals surface area (Å²) in [5, 5.41) is 13.6. The molecule has 38 heavy (non-hydrogen) atoms. The molecule has 2 aliphatic rings. The lowest BCUT2D eigenvalue weighted by molar-refractivity contribution is 0.0467. The van der Waals surface area contributed by atoms with Crippen molar-refractivity contribution in [2.45, 2.75) is 141 Å². The molecule has 8 heteroatoms. The predicted octanol–water partition coefficient (Wildman–Crippen LogP) is 5.54. The summed E-state index contributed by atoms with van der Waals surface area (Å²) < 4.78 is 11.0. The maximum atomic E-state index is 12.4. The average Bonchev–Trinajstić information content (AvgIpc) is 2.81. The van der Waals surface area contributed by atoms with E-state index >= 15 is 0 Å². The minimum absolute atomic E-state index is 0.0609. The molecule has 4 N–H and O–H groups in total. The van der Waals surface area contributed by atoms with Gasteiger partial charge in [0.05, 0.1) is 0 Å². The summed E-state index contributed by atoms with van der Waals surface area (Å²) in [6.07, 6.45) is 7.80.